The molecule has 0 bridgehead atoms. The van der Waals surface area contributed by atoms with E-state index in [0.29, 0.717) is 16.9 Å². The lowest BCUT2D eigenvalue weighted by molar-refractivity contribution is 0.0691. The molecule has 0 aliphatic heterocycles. The molecule has 0 spiro atoms. The van der Waals surface area contributed by atoms with Gasteiger partial charge in [-0.25, -0.2) is 14.2 Å². The summed E-state index contributed by atoms with van der Waals surface area (Å²) in [4.78, 5) is 25.3. The van der Waals surface area contributed by atoms with Crippen molar-refractivity contribution in [3.63, 3.8) is 0 Å². The van der Waals surface area contributed by atoms with Gasteiger partial charge in [0.15, 0.2) is 12.0 Å². The van der Waals surface area contributed by atoms with Crippen molar-refractivity contribution in [1.29, 1.82) is 0 Å². The maximum absolute atomic E-state index is 13.3. The van der Waals surface area contributed by atoms with Crippen LogP contribution in [0, 0.1) is 5.82 Å². The number of aromatic nitrogens is 1. The fourth-order valence-corrected chi connectivity index (χ4v) is 2.17. The molecular formula is C11H6FNO3S. The smallest absolute Gasteiger partial charge is 0.355 e. The Morgan fingerprint density at radius 2 is 2.24 bits per heavy atom. The molecule has 0 amide bonds. The van der Waals surface area contributed by atoms with Gasteiger partial charge in [0.2, 0.25) is 0 Å². The van der Waals surface area contributed by atoms with Gasteiger partial charge in [-0.05, 0) is 6.07 Å². The molecule has 2 rings (SSSR count). The monoisotopic (exact) mass is 251 g/mol. The number of halogens is 1. The van der Waals surface area contributed by atoms with E-state index in [1.807, 2.05) is 0 Å². The molecule has 6 heteroatoms. The van der Waals surface area contributed by atoms with Crippen LogP contribution in [-0.2, 0) is 0 Å². The number of thiazole rings is 1. The summed E-state index contributed by atoms with van der Waals surface area (Å²) >= 11 is 1.05. The SMILES string of the molecule is O=Cc1c(F)cccc1-c1nc(C(=O)O)cs1. The van der Waals surface area contributed by atoms with Gasteiger partial charge in [-0.3, -0.25) is 4.79 Å². The summed E-state index contributed by atoms with van der Waals surface area (Å²) in [6.07, 6.45) is 0.395. The molecular weight excluding hydrogens is 245 g/mol. The second-order valence-electron chi connectivity index (χ2n) is 3.16. The quantitative estimate of drug-likeness (QED) is 0.851. The molecule has 0 saturated carbocycles. The van der Waals surface area contributed by atoms with E-state index in [4.69, 9.17) is 5.11 Å². The van der Waals surface area contributed by atoms with Crippen molar-refractivity contribution < 1.29 is 19.1 Å². The second kappa shape index (κ2) is 4.42. The Hall–Kier alpha value is -2.08. The van der Waals surface area contributed by atoms with Gasteiger partial charge in [-0.1, -0.05) is 12.1 Å². The minimum Gasteiger partial charge on any atom is -0.476 e. The van der Waals surface area contributed by atoms with Crippen LogP contribution >= 0.6 is 11.3 Å². The number of hydrogen-bond acceptors (Lipinski definition) is 4. The van der Waals surface area contributed by atoms with Crippen molar-refractivity contribution >= 4 is 23.6 Å². The first-order valence-corrected chi connectivity index (χ1v) is 5.44. The Morgan fingerprint density at radius 1 is 1.47 bits per heavy atom. The summed E-state index contributed by atoms with van der Waals surface area (Å²) in [6.45, 7) is 0. The first kappa shape index (κ1) is 11.4. The molecule has 0 aliphatic rings. The Labute approximate surface area is 99.4 Å². The van der Waals surface area contributed by atoms with Crippen molar-refractivity contribution in [2.75, 3.05) is 0 Å². The van der Waals surface area contributed by atoms with E-state index in [9.17, 15) is 14.0 Å². The van der Waals surface area contributed by atoms with E-state index in [2.05, 4.69) is 4.98 Å². The van der Waals surface area contributed by atoms with Crippen LogP contribution in [0.3, 0.4) is 0 Å². The van der Waals surface area contributed by atoms with Gasteiger partial charge in [-0.2, -0.15) is 0 Å². The summed E-state index contributed by atoms with van der Waals surface area (Å²) in [5.41, 5.74) is 0.0717. The molecule has 0 unspecified atom stereocenters. The average Bonchev–Trinajstić information content (AvgIpc) is 2.77. The lowest BCUT2D eigenvalue weighted by Gasteiger charge is -2.01. The van der Waals surface area contributed by atoms with Crippen molar-refractivity contribution in [3.05, 3.63) is 40.7 Å². The highest BCUT2D eigenvalue weighted by molar-refractivity contribution is 7.13. The van der Waals surface area contributed by atoms with Crippen molar-refractivity contribution in [1.82, 2.24) is 4.98 Å². The molecule has 0 aliphatic carbocycles. The minimum absolute atomic E-state index is 0.112. The topological polar surface area (TPSA) is 67.3 Å². The van der Waals surface area contributed by atoms with Gasteiger partial charge >= 0.3 is 5.97 Å². The third-order valence-corrected chi connectivity index (χ3v) is 3.00. The summed E-state index contributed by atoms with van der Waals surface area (Å²) < 4.78 is 13.3. The normalized spacial score (nSPS) is 10.2. The van der Waals surface area contributed by atoms with Gasteiger partial charge in [0.25, 0.3) is 0 Å². The highest BCUT2D eigenvalue weighted by Gasteiger charge is 2.14. The molecule has 0 atom stereocenters. The summed E-state index contributed by atoms with van der Waals surface area (Å²) in [5.74, 6) is -1.80. The lowest BCUT2D eigenvalue weighted by atomic mass is 10.1. The summed E-state index contributed by atoms with van der Waals surface area (Å²) in [5, 5.41) is 10.4. The van der Waals surface area contributed by atoms with Crippen LogP contribution < -0.4 is 0 Å². The average molecular weight is 251 g/mol. The minimum atomic E-state index is -1.16. The van der Waals surface area contributed by atoms with E-state index >= 15 is 0 Å². The number of hydrogen-bond donors (Lipinski definition) is 1. The van der Waals surface area contributed by atoms with Crippen LogP contribution in [0.15, 0.2) is 23.6 Å². The Bertz CT molecular complexity index is 594. The van der Waals surface area contributed by atoms with Gasteiger partial charge in [0.1, 0.15) is 10.8 Å². The lowest BCUT2D eigenvalue weighted by Crippen LogP contribution is -1.97. The Balaban J connectivity index is 2.56. The molecule has 1 aromatic carbocycles. The number of carboxylic acid groups (broad SMARTS) is 1. The highest BCUT2D eigenvalue weighted by Crippen LogP contribution is 2.27. The number of carboxylic acids is 1. The predicted octanol–water partition coefficient (Wildman–Crippen LogP) is 2.46. The third kappa shape index (κ3) is 2.07. The zero-order chi connectivity index (χ0) is 12.4. The van der Waals surface area contributed by atoms with Crippen LogP contribution in [0.25, 0.3) is 10.6 Å². The Morgan fingerprint density at radius 3 is 2.82 bits per heavy atom. The van der Waals surface area contributed by atoms with Crippen molar-refractivity contribution in [3.8, 4) is 10.6 Å². The number of carbonyl (C=O) groups is 2. The zero-order valence-corrected chi connectivity index (χ0v) is 9.20. The van der Waals surface area contributed by atoms with E-state index < -0.39 is 11.8 Å². The van der Waals surface area contributed by atoms with Crippen molar-refractivity contribution in [2.45, 2.75) is 0 Å². The highest BCUT2D eigenvalue weighted by atomic mass is 32.1. The predicted molar refractivity (Wildman–Crippen MR) is 59.9 cm³/mol. The molecule has 1 N–H and O–H groups in total. The molecule has 17 heavy (non-hydrogen) atoms. The van der Waals surface area contributed by atoms with Crippen molar-refractivity contribution in [2.24, 2.45) is 0 Å². The van der Waals surface area contributed by atoms with Gasteiger partial charge in [0, 0.05) is 10.9 Å². The van der Waals surface area contributed by atoms with E-state index in [0.717, 1.165) is 11.3 Å². The first-order valence-electron chi connectivity index (χ1n) is 4.56. The fraction of sp³-hybridized carbons (Fsp3) is 0. The van der Waals surface area contributed by atoms with Crippen LogP contribution in [-0.4, -0.2) is 22.3 Å². The molecule has 4 nitrogen and oxygen atoms in total. The van der Waals surface area contributed by atoms with Gasteiger partial charge < -0.3 is 5.11 Å². The van der Waals surface area contributed by atoms with Gasteiger partial charge in [0.05, 0.1) is 5.56 Å². The van der Waals surface area contributed by atoms with Crippen LogP contribution in [0.2, 0.25) is 0 Å². The van der Waals surface area contributed by atoms with Gasteiger partial charge in [-0.15, -0.1) is 11.3 Å². The molecule has 1 heterocycles. The third-order valence-electron chi connectivity index (χ3n) is 2.12. The fourth-order valence-electron chi connectivity index (χ4n) is 1.34. The molecule has 0 fully saturated rings. The summed E-state index contributed by atoms with van der Waals surface area (Å²) in [6, 6.07) is 4.13. The molecule has 0 radical (unpaired) electrons. The molecule has 1 aromatic heterocycles. The largest absolute Gasteiger partial charge is 0.476 e. The van der Waals surface area contributed by atoms with Crippen LogP contribution in [0.5, 0.6) is 0 Å². The standard InChI is InChI=1S/C11H6FNO3S/c12-8-3-1-2-6(7(8)4-14)10-13-9(5-17-10)11(15)16/h1-5H,(H,15,16). The number of benzene rings is 1. The number of carbonyl (C=O) groups excluding carboxylic acids is 1. The summed E-state index contributed by atoms with van der Waals surface area (Å²) in [7, 11) is 0. The molecule has 0 saturated heterocycles. The molecule has 2 aromatic rings. The van der Waals surface area contributed by atoms with E-state index in [1.165, 1.54) is 23.6 Å². The number of aromatic carboxylic acids is 1. The number of aldehydes is 1. The number of rotatable bonds is 3. The Kier molecular flexibility index (Phi) is 2.97. The first-order chi connectivity index (χ1) is 8.13. The maximum Gasteiger partial charge on any atom is 0.355 e. The van der Waals surface area contributed by atoms with E-state index in [-0.39, 0.29) is 11.3 Å². The maximum atomic E-state index is 13.3. The zero-order valence-electron chi connectivity index (χ0n) is 8.38. The second-order valence-corrected chi connectivity index (χ2v) is 4.02. The number of nitrogens with zero attached hydrogens (tertiary/aromatic N) is 1. The van der Waals surface area contributed by atoms with Crippen LogP contribution in [0.1, 0.15) is 20.8 Å². The molecule has 86 valence electrons. The van der Waals surface area contributed by atoms with Crippen LogP contribution in [0.4, 0.5) is 4.39 Å². The van der Waals surface area contributed by atoms with E-state index in [1.54, 1.807) is 0 Å².